The van der Waals surface area contributed by atoms with E-state index in [1.165, 1.54) is 0 Å². The first-order valence-corrected chi connectivity index (χ1v) is 7.88. The third-order valence-corrected chi connectivity index (χ3v) is 4.43. The summed E-state index contributed by atoms with van der Waals surface area (Å²) in [4.78, 5) is 22.4. The number of aromatic nitrogens is 2. The van der Waals surface area contributed by atoms with Gasteiger partial charge >= 0.3 is 0 Å². The maximum Gasteiger partial charge on any atom is 0.198 e. The summed E-state index contributed by atoms with van der Waals surface area (Å²) >= 11 is 6.30. The smallest absolute Gasteiger partial charge is 0.198 e. The minimum Gasteiger partial charge on any atom is -0.375 e. The summed E-state index contributed by atoms with van der Waals surface area (Å²) in [6, 6.07) is 9.12. The maximum absolute atomic E-state index is 12.8. The van der Waals surface area contributed by atoms with Crippen LogP contribution in [-0.4, -0.2) is 24.1 Å². The number of aromatic amines is 1. The van der Waals surface area contributed by atoms with Gasteiger partial charge in [0.05, 0.1) is 38.8 Å². The normalized spacial score (nSPS) is 11.7. The first-order valence-electron chi connectivity index (χ1n) is 7.50. The van der Waals surface area contributed by atoms with E-state index in [0.717, 1.165) is 5.69 Å². The molecule has 0 unspecified atom stereocenters. The molecule has 1 aromatic carbocycles. The second kappa shape index (κ2) is 5.50. The van der Waals surface area contributed by atoms with Crippen LogP contribution in [0.15, 0.2) is 29.1 Å². The Kier molecular flexibility index (Phi) is 3.73. The van der Waals surface area contributed by atoms with Gasteiger partial charge < -0.3 is 9.88 Å². The molecule has 0 aliphatic heterocycles. The monoisotopic (exact) mass is 340 g/mol. The highest BCUT2D eigenvalue weighted by Crippen LogP contribution is 2.32. The van der Waals surface area contributed by atoms with Crippen molar-refractivity contribution in [3.63, 3.8) is 0 Å². The molecule has 6 heteroatoms. The molecule has 122 valence electrons. The molecule has 5 nitrogen and oxygen atoms in total. The molecule has 1 N–H and O–H groups in total. The van der Waals surface area contributed by atoms with Gasteiger partial charge in [0, 0.05) is 19.5 Å². The Bertz CT molecular complexity index is 1060. The lowest BCUT2D eigenvalue weighted by molar-refractivity contribution is 0.662. The quantitative estimate of drug-likeness (QED) is 0.723. The highest BCUT2D eigenvalue weighted by molar-refractivity contribution is 6.34. The predicted molar refractivity (Wildman–Crippen MR) is 97.8 cm³/mol. The van der Waals surface area contributed by atoms with Gasteiger partial charge in [-0.3, -0.25) is 4.79 Å². The molecule has 0 saturated carbocycles. The molecule has 24 heavy (non-hydrogen) atoms. The fourth-order valence-corrected chi connectivity index (χ4v) is 3.05. The van der Waals surface area contributed by atoms with E-state index in [1.54, 1.807) is 38.1 Å². The third kappa shape index (κ3) is 2.40. The summed E-state index contributed by atoms with van der Waals surface area (Å²) < 4.78 is 0. The lowest BCUT2D eigenvalue weighted by atomic mass is 9.90. The molecule has 0 aliphatic carbocycles. The SMILES string of the molecule is CN(C)c1c(Cl)ccc2c(=O)c3ccc(C(C)(C)C#N)nc3[nH]c12. The molecule has 0 radical (unpaired) electrons. The highest BCUT2D eigenvalue weighted by atomic mass is 35.5. The van der Waals surface area contributed by atoms with Crippen molar-refractivity contribution < 1.29 is 0 Å². The van der Waals surface area contributed by atoms with Crippen molar-refractivity contribution >= 4 is 39.2 Å². The lowest BCUT2D eigenvalue weighted by Crippen LogP contribution is -2.17. The maximum atomic E-state index is 12.8. The van der Waals surface area contributed by atoms with Crippen LogP contribution >= 0.6 is 11.6 Å². The molecule has 2 heterocycles. The van der Waals surface area contributed by atoms with Gasteiger partial charge in [-0.2, -0.15) is 5.26 Å². The van der Waals surface area contributed by atoms with Crippen molar-refractivity contribution in [2.45, 2.75) is 19.3 Å². The average molecular weight is 341 g/mol. The Labute approximate surface area is 144 Å². The number of benzene rings is 1. The Balaban J connectivity index is 2.45. The Hall–Kier alpha value is -2.58. The van der Waals surface area contributed by atoms with E-state index in [-0.39, 0.29) is 5.43 Å². The number of hydrogen-bond acceptors (Lipinski definition) is 4. The molecular weight excluding hydrogens is 324 g/mol. The van der Waals surface area contributed by atoms with Crippen molar-refractivity contribution in [2.24, 2.45) is 0 Å². The molecule has 0 amide bonds. The van der Waals surface area contributed by atoms with Gasteiger partial charge in [0.25, 0.3) is 0 Å². The van der Waals surface area contributed by atoms with Gasteiger partial charge in [-0.05, 0) is 38.1 Å². The number of hydrogen-bond donors (Lipinski definition) is 1. The number of nitrogens with one attached hydrogen (secondary N) is 1. The van der Waals surface area contributed by atoms with Crippen molar-refractivity contribution in [3.05, 3.63) is 45.2 Å². The molecule has 2 aromatic heterocycles. The minimum absolute atomic E-state index is 0.104. The van der Waals surface area contributed by atoms with E-state index in [9.17, 15) is 10.1 Å². The Morgan fingerprint density at radius 1 is 1.21 bits per heavy atom. The highest BCUT2D eigenvalue weighted by Gasteiger charge is 2.22. The minimum atomic E-state index is -0.737. The van der Waals surface area contributed by atoms with Crippen LogP contribution in [0.25, 0.3) is 21.9 Å². The van der Waals surface area contributed by atoms with Crippen LogP contribution in [0.5, 0.6) is 0 Å². The van der Waals surface area contributed by atoms with Gasteiger partial charge in [-0.1, -0.05) is 11.6 Å². The summed E-state index contributed by atoms with van der Waals surface area (Å²) in [6.45, 7) is 3.59. The fraction of sp³-hybridized carbons (Fsp3) is 0.278. The van der Waals surface area contributed by atoms with Crippen molar-refractivity contribution in [2.75, 3.05) is 19.0 Å². The molecule has 3 aromatic rings. The first kappa shape index (κ1) is 16.3. The number of halogens is 1. The standard InChI is InChI=1S/C18H17ClN4O/c1-18(2,9-20)13-8-6-11-16(24)10-5-7-12(19)15(23(3)4)14(10)22-17(11)21-13/h5-8H,1-4H3,(H,21,22,24). The van der Waals surface area contributed by atoms with Crippen molar-refractivity contribution in [1.29, 1.82) is 5.26 Å². The molecule has 0 saturated heterocycles. The van der Waals surface area contributed by atoms with Crippen LogP contribution in [0.4, 0.5) is 5.69 Å². The number of fused-ring (bicyclic) bond motifs is 2. The second-order valence-electron chi connectivity index (χ2n) is 6.50. The van der Waals surface area contributed by atoms with E-state index in [4.69, 9.17) is 11.6 Å². The van der Waals surface area contributed by atoms with E-state index in [0.29, 0.717) is 32.7 Å². The van der Waals surface area contributed by atoms with E-state index in [1.807, 2.05) is 19.0 Å². The van der Waals surface area contributed by atoms with E-state index < -0.39 is 5.41 Å². The molecule has 0 bridgehead atoms. The van der Waals surface area contributed by atoms with Crippen LogP contribution in [-0.2, 0) is 5.41 Å². The molecule has 0 atom stereocenters. The number of H-pyrrole nitrogens is 1. The largest absolute Gasteiger partial charge is 0.375 e. The molecule has 0 fully saturated rings. The van der Waals surface area contributed by atoms with Gasteiger partial charge in [0.15, 0.2) is 5.43 Å². The predicted octanol–water partition coefficient (Wildman–Crippen LogP) is 3.60. The van der Waals surface area contributed by atoms with Crippen LogP contribution in [0.1, 0.15) is 19.5 Å². The van der Waals surface area contributed by atoms with E-state index in [2.05, 4.69) is 16.0 Å². The number of nitrogens with zero attached hydrogens (tertiary/aromatic N) is 3. The van der Waals surface area contributed by atoms with Crippen LogP contribution in [0, 0.1) is 11.3 Å². The number of rotatable bonds is 2. The van der Waals surface area contributed by atoms with Gasteiger partial charge in [0.2, 0.25) is 0 Å². The summed E-state index contributed by atoms with van der Waals surface area (Å²) in [5, 5.41) is 10.9. The summed E-state index contributed by atoms with van der Waals surface area (Å²) in [5.74, 6) is 0. The number of nitriles is 1. The van der Waals surface area contributed by atoms with Gasteiger partial charge in [0.1, 0.15) is 5.65 Å². The fourth-order valence-electron chi connectivity index (χ4n) is 2.73. The van der Waals surface area contributed by atoms with Crippen molar-refractivity contribution in [1.82, 2.24) is 9.97 Å². The van der Waals surface area contributed by atoms with Crippen LogP contribution in [0.2, 0.25) is 5.02 Å². The zero-order valence-electron chi connectivity index (χ0n) is 13.9. The summed E-state index contributed by atoms with van der Waals surface area (Å²) in [7, 11) is 3.73. The van der Waals surface area contributed by atoms with Crippen molar-refractivity contribution in [3.8, 4) is 6.07 Å². The average Bonchev–Trinajstić information content (AvgIpc) is 2.53. The third-order valence-electron chi connectivity index (χ3n) is 4.12. The van der Waals surface area contributed by atoms with Crippen LogP contribution in [0.3, 0.4) is 0 Å². The molecular formula is C18H17ClN4O. The topological polar surface area (TPSA) is 72.8 Å². The lowest BCUT2D eigenvalue weighted by Gasteiger charge is -2.18. The summed E-state index contributed by atoms with van der Waals surface area (Å²) in [6.07, 6.45) is 0. The molecule has 0 aliphatic rings. The Morgan fingerprint density at radius 2 is 1.88 bits per heavy atom. The van der Waals surface area contributed by atoms with Crippen LogP contribution < -0.4 is 10.3 Å². The summed E-state index contributed by atoms with van der Waals surface area (Å²) in [5.41, 5.74) is 1.61. The van der Waals surface area contributed by atoms with Gasteiger partial charge in [-0.25, -0.2) is 4.98 Å². The second-order valence-corrected chi connectivity index (χ2v) is 6.90. The van der Waals surface area contributed by atoms with Gasteiger partial charge in [-0.15, -0.1) is 0 Å². The molecule has 3 rings (SSSR count). The zero-order valence-corrected chi connectivity index (χ0v) is 14.7. The molecule has 0 spiro atoms. The Morgan fingerprint density at radius 3 is 2.50 bits per heavy atom. The zero-order chi connectivity index (χ0) is 17.6. The number of pyridine rings is 2. The first-order chi connectivity index (χ1) is 11.3. The van der Waals surface area contributed by atoms with E-state index >= 15 is 0 Å². The number of anilines is 1.